The van der Waals surface area contributed by atoms with Gasteiger partial charge in [0, 0.05) is 16.9 Å². The van der Waals surface area contributed by atoms with Crippen molar-refractivity contribution in [2.24, 2.45) is 0 Å². The van der Waals surface area contributed by atoms with Crippen LogP contribution in [0.4, 0.5) is 11.4 Å². The van der Waals surface area contributed by atoms with Crippen LogP contribution in [0.5, 0.6) is 5.75 Å². The standard InChI is InChI=1S/C23H18N4O3/c1-14-22(28)26-19-12-16(8-11-21(19)30-14)25-23(29)15-6-9-17(10-7-15)27-13-24-18-4-2-3-5-20(18)27/h2-14H,1H3,(H,25,29)(H,26,28). The van der Waals surface area contributed by atoms with Crippen LogP contribution in [-0.4, -0.2) is 27.5 Å². The highest BCUT2D eigenvalue weighted by Gasteiger charge is 2.23. The molecular weight excluding hydrogens is 380 g/mol. The van der Waals surface area contributed by atoms with Crippen molar-refractivity contribution in [3.8, 4) is 11.4 Å². The molecule has 0 fully saturated rings. The number of anilines is 2. The maximum Gasteiger partial charge on any atom is 0.265 e. The van der Waals surface area contributed by atoms with E-state index in [0.29, 0.717) is 22.7 Å². The Morgan fingerprint density at radius 3 is 2.73 bits per heavy atom. The van der Waals surface area contributed by atoms with Crippen molar-refractivity contribution in [1.82, 2.24) is 9.55 Å². The molecule has 0 bridgehead atoms. The maximum absolute atomic E-state index is 12.7. The van der Waals surface area contributed by atoms with Crippen molar-refractivity contribution in [3.63, 3.8) is 0 Å². The lowest BCUT2D eigenvalue weighted by atomic mass is 10.1. The Balaban J connectivity index is 1.35. The Hall–Kier alpha value is -4.13. The van der Waals surface area contributed by atoms with E-state index in [-0.39, 0.29) is 11.8 Å². The van der Waals surface area contributed by atoms with Gasteiger partial charge in [0.1, 0.15) is 12.1 Å². The predicted octanol–water partition coefficient (Wildman–Crippen LogP) is 4.00. The van der Waals surface area contributed by atoms with Gasteiger partial charge in [-0.05, 0) is 61.5 Å². The summed E-state index contributed by atoms with van der Waals surface area (Å²) in [4.78, 5) is 28.9. The number of ether oxygens (including phenoxy) is 1. The van der Waals surface area contributed by atoms with Crippen molar-refractivity contribution in [3.05, 3.63) is 78.6 Å². The van der Waals surface area contributed by atoms with E-state index in [0.717, 1.165) is 16.7 Å². The molecule has 3 aromatic carbocycles. The molecule has 0 radical (unpaired) electrons. The summed E-state index contributed by atoms with van der Waals surface area (Å²) in [7, 11) is 0. The second kappa shape index (κ2) is 7.04. The number of para-hydroxylation sites is 2. The van der Waals surface area contributed by atoms with E-state index in [1.165, 1.54) is 0 Å². The van der Waals surface area contributed by atoms with Gasteiger partial charge in [-0.2, -0.15) is 0 Å². The summed E-state index contributed by atoms with van der Waals surface area (Å²) in [6, 6.07) is 20.3. The van der Waals surface area contributed by atoms with Crippen LogP contribution >= 0.6 is 0 Å². The van der Waals surface area contributed by atoms with Gasteiger partial charge in [0.15, 0.2) is 6.10 Å². The van der Waals surface area contributed by atoms with Crippen molar-refractivity contribution in [1.29, 1.82) is 0 Å². The largest absolute Gasteiger partial charge is 0.479 e. The molecule has 148 valence electrons. The van der Waals surface area contributed by atoms with E-state index >= 15 is 0 Å². The topological polar surface area (TPSA) is 85.2 Å². The van der Waals surface area contributed by atoms with Crippen LogP contribution in [-0.2, 0) is 4.79 Å². The first-order valence-corrected chi connectivity index (χ1v) is 9.54. The molecule has 30 heavy (non-hydrogen) atoms. The number of aromatic nitrogens is 2. The van der Waals surface area contributed by atoms with Gasteiger partial charge in [-0.1, -0.05) is 12.1 Å². The van der Waals surface area contributed by atoms with Crippen LogP contribution in [0.25, 0.3) is 16.7 Å². The fourth-order valence-electron chi connectivity index (χ4n) is 3.43. The predicted molar refractivity (Wildman–Crippen MR) is 114 cm³/mol. The zero-order valence-electron chi connectivity index (χ0n) is 16.1. The molecule has 2 heterocycles. The minimum Gasteiger partial charge on any atom is -0.479 e. The number of fused-ring (bicyclic) bond motifs is 2. The molecule has 2 amide bonds. The lowest BCUT2D eigenvalue weighted by Gasteiger charge is -2.23. The summed E-state index contributed by atoms with van der Waals surface area (Å²) >= 11 is 0. The summed E-state index contributed by atoms with van der Waals surface area (Å²) in [6.07, 6.45) is 1.23. The highest BCUT2D eigenvalue weighted by Crippen LogP contribution is 2.32. The van der Waals surface area contributed by atoms with Crippen LogP contribution in [0.15, 0.2) is 73.1 Å². The molecular formula is C23H18N4O3. The molecule has 0 saturated carbocycles. The van der Waals surface area contributed by atoms with Crippen molar-refractivity contribution < 1.29 is 14.3 Å². The summed E-state index contributed by atoms with van der Waals surface area (Å²) in [6.45, 7) is 1.68. The molecule has 0 saturated heterocycles. The molecule has 0 aliphatic carbocycles. The molecule has 1 aromatic heterocycles. The Morgan fingerprint density at radius 1 is 1.10 bits per heavy atom. The Kier molecular flexibility index (Phi) is 4.21. The summed E-state index contributed by atoms with van der Waals surface area (Å²) in [5, 5.41) is 5.63. The zero-order valence-corrected chi connectivity index (χ0v) is 16.1. The smallest absolute Gasteiger partial charge is 0.265 e. The molecule has 1 aliphatic rings. The first kappa shape index (κ1) is 17.9. The van der Waals surface area contributed by atoms with Crippen LogP contribution in [0.3, 0.4) is 0 Å². The quantitative estimate of drug-likeness (QED) is 0.546. The average molecular weight is 398 g/mol. The molecule has 0 spiro atoms. The Morgan fingerprint density at radius 2 is 1.90 bits per heavy atom. The number of amides is 2. The van der Waals surface area contributed by atoms with Crippen LogP contribution in [0.2, 0.25) is 0 Å². The van der Waals surface area contributed by atoms with E-state index in [9.17, 15) is 9.59 Å². The number of nitrogens with zero attached hydrogens (tertiary/aromatic N) is 2. The van der Waals surface area contributed by atoms with Gasteiger partial charge in [0.25, 0.3) is 11.8 Å². The molecule has 1 unspecified atom stereocenters. The minimum absolute atomic E-state index is 0.214. The number of hydrogen-bond donors (Lipinski definition) is 2. The van der Waals surface area contributed by atoms with E-state index in [2.05, 4.69) is 15.6 Å². The summed E-state index contributed by atoms with van der Waals surface area (Å²) < 4.78 is 7.51. The van der Waals surface area contributed by atoms with E-state index < -0.39 is 6.10 Å². The number of benzene rings is 3. The number of nitrogens with one attached hydrogen (secondary N) is 2. The molecule has 4 aromatic rings. The molecule has 1 atom stereocenters. The summed E-state index contributed by atoms with van der Waals surface area (Å²) in [5.41, 5.74) is 4.47. The van der Waals surface area contributed by atoms with Gasteiger partial charge < -0.3 is 15.4 Å². The first-order chi connectivity index (χ1) is 14.6. The van der Waals surface area contributed by atoms with Crippen molar-refractivity contribution >= 4 is 34.2 Å². The van der Waals surface area contributed by atoms with Gasteiger partial charge in [-0.25, -0.2) is 4.98 Å². The normalized spacial score (nSPS) is 15.2. The van der Waals surface area contributed by atoms with E-state index in [1.807, 2.05) is 41.0 Å². The van der Waals surface area contributed by atoms with Gasteiger partial charge >= 0.3 is 0 Å². The Bertz CT molecular complexity index is 1280. The third kappa shape index (κ3) is 3.16. The minimum atomic E-state index is -0.538. The number of carbonyl (C=O) groups excluding carboxylic acids is 2. The SMILES string of the molecule is CC1Oc2ccc(NC(=O)c3ccc(-n4cnc5ccccc54)cc3)cc2NC1=O. The molecule has 5 rings (SSSR count). The third-order valence-electron chi connectivity index (χ3n) is 5.03. The van der Waals surface area contributed by atoms with Crippen LogP contribution in [0.1, 0.15) is 17.3 Å². The molecule has 7 nitrogen and oxygen atoms in total. The van der Waals surface area contributed by atoms with Gasteiger partial charge in [0.05, 0.1) is 16.7 Å². The molecule has 1 aliphatic heterocycles. The third-order valence-corrected chi connectivity index (χ3v) is 5.03. The molecule has 2 N–H and O–H groups in total. The van der Waals surface area contributed by atoms with Crippen LogP contribution < -0.4 is 15.4 Å². The highest BCUT2D eigenvalue weighted by molar-refractivity contribution is 6.05. The number of hydrogen-bond acceptors (Lipinski definition) is 4. The van der Waals surface area contributed by atoms with Crippen molar-refractivity contribution in [2.45, 2.75) is 13.0 Å². The van der Waals surface area contributed by atoms with Gasteiger partial charge in [-0.3, -0.25) is 14.2 Å². The fraction of sp³-hybridized carbons (Fsp3) is 0.0870. The highest BCUT2D eigenvalue weighted by atomic mass is 16.5. The summed E-state index contributed by atoms with van der Waals surface area (Å²) in [5.74, 6) is 0.124. The van der Waals surface area contributed by atoms with Gasteiger partial charge in [-0.15, -0.1) is 0 Å². The van der Waals surface area contributed by atoms with Gasteiger partial charge in [0.2, 0.25) is 0 Å². The number of carbonyl (C=O) groups is 2. The molecule has 7 heteroatoms. The lowest BCUT2D eigenvalue weighted by molar-refractivity contribution is -0.122. The number of rotatable bonds is 3. The maximum atomic E-state index is 12.7. The van der Waals surface area contributed by atoms with E-state index in [1.54, 1.807) is 43.6 Å². The van der Waals surface area contributed by atoms with Crippen LogP contribution in [0, 0.1) is 0 Å². The first-order valence-electron chi connectivity index (χ1n) is 9.54. The fourth-order valence-corrected chi connectivity index (χ4v) is 3.43. The monoisotopic (exact) mass is 398 g/mol. The average Bonchev–Trinajstić information content (AvgIpc) is 3.19. The van der Waals surface area contributed by atoms with Crippen molar-refractivity contribution in [2.75, 3.05) is 10.6 Å². The zero-order chi connectivity index (χ0) is 20.7. The lowest BCUT2D eigenvalue weighted by Crippen LogP contribution is -2.34. The second-order valence-electron chi connectivity index (χ2n) is 7.06. The second-order valence-corrected chi connectivity index (χ2v) is 7.06. The van der Waals surface area contributed by atoms with E-state index in [4.69, 9.17) is 4.74 Å². The number of imidazole rings is 1. The Labute approximate surface area is 172 Å².